The molecular formula is C3H6Ru. The van der Waals surface area contributed by atoms with E-state index in [-0.39, 0.29) is 26.9 Å². The molecule has 0 saturated carbocycles. The van der Waals surface area contributed by atoms with Crippen LogP contribution in [-0.4, -0.2) is 0 Å². The summed E-state index contributed by atoms with van der Waals surface area (Å²) in [7, 11) is 0. The minimum absolute atomic E-state index is 0. The zero-order chi connectivity index (χ0) is 2.00. The predicted molar refractivity (Wildman–Crippen MR) is 16.3 cm³/mol. The summed E-state index contributed by atoms with van der Waals surface area (Å²) in [6.07, 6.45) is 0. The van der Waals surface area contributed by atoms with Gasteiger partial charge in [0.25, 0.3) is 0 Å². The van der Waals surface area contributed by atoms with Crippen molar-refractivity contribution in [1.29, 1.82) is 0 Å². The average molecular weight is 143 g/mol. The largest absolute Gasteiger partial charge is 2.00 e. The molecule has 0 spiro atoms. The van der Waals surface area contributed by atoms with Crippen molar-refractivity contribution in [3.05, 3.63) is 20.6 Å². The maximum Gasteiger partial charge on any atom is 2.00 e. The Morgan fingerprint density at radius 3 is 1.25 bits per heavy atom. The second-order valence-corrected chi connectivity index (χ2v) is 0. The van der Waals surface area contributed by atoms with Gasteiger partial charge in [-0.15, -0.1) is 0 Å². The number of hydrogen-bond donors (Lipinski definition) is 0. The van der Waals surface area contributed by atoms with E-state index in [4.69, 9.17) is 0 Å². The molecule has 0 aromatic heterocycles. The maximum atomic E-state index is 4.25. The zero-order valence-electron chi connectivity index (χ0n) is 2.64. The molecule has 0 bridgehead atoms. The molecule has 0 amide bonds. The van der Waals surface area contributed by atoms with Gasteiger partial charge in [-0.3, -0.25) is 6.58 Å². The SMILES string of the molecule is [CH-]=C.[CH3-].[Ru+2]. The van der Waals surface area contributed by atoms with E-state index in [1.165, 1.54) is 0 Å². The zero-order valence-corrected chi connectivity index (χ0v) is 4.38. The molecule has 0 aromatic rings. The average Bonchev–Trinajstić information content (AvgIpc) is 1.00. The molecule has 4 heavy (non-hydrogen) atoms. The molecule has 0 aliphatic carbocycles. The second kappa shape index (κ2) is 142. The van der Waals surface area contributed by atoms with Crippen LogP contribution in [0.15, 0.2) is 6.58 Å². The Morgan fingerprint density at radius 2 is 1.25 bits per heavy atom. The normalized spacial score (nSPS) is 1.00. The quantitative estimate of drug-likeness (QED) is 0.351. The summed E-state index contributed by atoms with van der Waals surface area (Å²) in [4.78, 5) is 0. The van der Waals surface area contributed by atoms with Crippen molar-refractivity contribution < 1.29 is 19.5 Å². The van der Waals surface area contributed by atoms with Crippen LogP contribution in [0.1, 0.15) is 0 Å². The van der Waals surface area contributed by atoms with Crippen molar-refractivity contribution in [2.45, 2.75) is 0 Å². The van der Waals surface area contributed by atoms with Crippen LogP contribution in [-0.2, 0) is 19.5 Å². The molecule has 0 fully saturated rings. The molecule has 0 rings (SSSR count). The Balaban J connectivity index is -0.00000000500. The van der Waals surface area contributed by atoms with E-state index in [0.29, 0.717) is 0 Å². The number of rotatable bonds is 0. The third-order valence-electron chi connectivity index (χ3n) is 0. The van der Waals surface area contributed by atoms with Gasteiger partial charge in [-0.25, -0.2) is 0 Å². The molecule has 0 radical (unpaired) electrons. The molecular weight excluding hydrogens is 137 g/mol. The summed E-state index contributed by atoms with van der Waals surface area (Å²) >= 11 is 0. The monoisotopic (exact) mass is 144 g/mol. The van der Waals surface area contributed by atoms with Crippen LogP contribution >= 0.6 is 0 Å². The first-order chi connectivity index (χ1) is 1.00. The Labute approximate surface area is 40.7 Å². The maximum absolute atomic E-state index is 4.25. The van der Waals surface area contributed by atoms with E-state index in [1.807, 2.05) is 0 Å². The van der Waals surface area contributed by atoms with E-state index < -0.39 is 0 Å². The molecule has 0 heterocycles. The molecule has 1 heteroatoms. The van der Waals surface area contributed by atoms with Gasteiger partial charge in [0.15, 0.2) is 0 Å². The van der Waals surface area contributed by atoms with Gasteiger partial charge in [0.2, 0.25) is 0 Å². The third kappa shape index (κ3) is 33.3. The van der Waals surface area contributed by atoms with Gasteiger partial charge in [0, 0.05) is 0 Å². The van der Waals surface area contributed by atoms with Crippen molar-refractivity contribution in [1.82, 2.24) is 0 Å². The Kier molecular flexibility index (Phi) is 945. The summed E-state index contributed by atoms with van der Waals surface area (Å²) in [5, 5.41) is 0. The first-order valence-electron chi connectivity index (χ1n) is 0.408. The van der Waals surface area contributed by atoms with E-state index in [9.17, 15) is 0 Å². The summed E-state index contributed by atoms with van der Waals surface area (Å²) in [5.74, 6) is 0. The fourth-order valence-corrected chi connectivity index (χ4v) is 0. The van der Waals surface area contributed by atoms with Gasteiger partial charge in [-0.05, 0) is 0 Å². The van der Waals surface area contributed by atoms with E-state index >= 15 is 0 Å². The minimum Gasteiger partial charge on any atom is -0.521 e. The Bertz CT molecular complexity index is 3.25. The fraction of sp³-hybridized carbons (Fsp3) is 0. The van der Waals surface area contributed by atoms with Gasteiger partial charge >= 0.3 is 19.5 Å². The van der Waals surface area contributed by atoms with Crippen molar-refractivity contribution in [3.63, 3.8) is 0 Å². The molecule has 26 valence electrons. The van der Waals surface area contributed by atoms with E-state index in [1.54, 1.807) is 0 Å². The fourth-order valence-electron chi connectivity index (χ4n) is 0. The second-order valence-electron chi connectivity index (χ2n) is 0. The molecule has 0 atom stereocenters. The van der Waals surface area contributed by atoms with Crippen LogP contribution < -0.4 is 0 Å². The van der Waals surface area contributed by atoms with Crippen molar-refractivity contribution in [2.24, 2.45) is 0 Å². The molecule has 0 N–H and O–H groups in total. The predicted octanol–water partition coefficient (Wildman–Crippen LogP) is 1.05. The Morgan fingerprint density at radius 1 is 1.25 bits per heavy atom. The molecule has 0 aliphatic heterocycles. The summed E-state index contributed by atoms with van der Waals surface area (Å²) < 4.78 is 0. The van der Waals surface area contributed by atoms with Crippen molar-refractivity contribution >= 4 is 0 Å². The van der Waals surface area contributed by atoms with Gasteiger partial charge in [0.05, 0.1) is 0 Å². The van der Waals surface area contributed by atoms with Crippen LogP contribution in [0.5, 0.6) is 0 Å². The van der Waals surface area contributed by atoms with Crippen LogP contribution in [0.25, 0.3) is 0 Å². The van der Waals surface area contributed by atoms with E-state index in [0.717, 1.165) is 0 Å². The Hall–Kier alpha value is 0.363. The molecule has 0 nitrogen and oxygen atoms in total. The van der Waals surface area contributed by atoms with Crippen LogP contribution in [0.3, 0.4) is 0 Å². The van der Waals surface area contributed by atoms with Gasteiger partial charge in [-0.2, -0.15) is 0 Å². The van der Waals surface area contributed by atoms with Gasteiger partial charge < -0.3 is 14.0 Å². The smallest absolute Gasteiger partial charge is 0.521 e. The van der Waals surface area contributed by atoms with Crippen LogP contribution in [0, 0.1) is 14.0 Å². The first-order valence-corrected chi connectivity index (χ1v) is 0.408. The van der Waals surface area contributed by atoms with E-state index in [2.05, 4.69) is 13.2 Å². The summed E-state index contributed by atoms with van der Waals surface area (Å²) in [6, 6.07) is 0. The minimum atomic E-state index is 0. The third-order valence-corrected chi connectivity index (χ3v) is 0. The number of hydrogen-bond acceptors (Lipinski definition) is 0. The summed E-state index contributed by atoms with van der Waals surface area (Å²) in [5.41, 5.74) is 0. The molecule has 0 aliphatic rings. The molecule has 0 unspecified atom stereocenters. The topological polar surface area (TPSA) is 0 Å². The van der Waals surface area contributed by atoms with Gasteiger partial charge in [-0.1, -0.05) is 0 Å². The summed E-state index contributed by atoms with van der Waals surface area (Å²) in [6.45, 7) is 7.00. The van der Waals surface area contributed by atoms with Crippen molar-refractivity contribution in [3.8, 4) is 0 Å². The van der Waals surface area contributed by atoms with Gasteiger partial charge in [0.1, 0.15) is 0 Å². The first kappa shape index (κ1) is 26.6. The molecule has 0 saturated heterocycles. The standard InChI is InChI=1S/C2H3.CH3.Ru/c1-2;;/h1H,2H2;1H3;/q2*-1;+2. The van der Waals surface area contributed by atoms with Crippen LogP contribution in [0.4, 0.5) is 0 Å². The molecule has 0 aromatic carbocycles. The van der Waals surface area contributed by atoms with Crippen molar-refractivity contribution in [2.75, 3.05) is 0 Å². The van der Waals surface area contributed by atoms with Crippen LogP contribution in [0.2, 0.25) is 0 Å².